The second-order valence-electron chi connectivity index (χ2n) is 3.02. The number of hydrogen-bond acceptors (Lipinski definition) is 4. The Morgan fingerprint density at radius 2 is 2.14 bits per heavy atom. The van der Waals surface area contributed by atoms with E-state index >= 15 is 0 Å². The molecule has 0 radical (unpaired) electrons. The topological polar surface area (TPSA) is 46.0 Å². The number of aliphatic hydroxyl groups excluding tert-OH is 1. The predicted molar refractivity (Wildman–Crippen MR) is 55.0 cm³/mol. The van der Waals surface area contributed by atoms with Gasteiger partial charge in [-0.25, -0.2) is 9.97 Å². The van der Waals surface area contributed by atoms with Crippen molar-refractivity contribution in [2.45, 2.75) is 12.5 Å². The largest absolute Gasteiger partial charge is 0.388 e. The van der Waals surface area contributed by atoms with Crippen molar-refractivity contribution in [3.63, 3.8) is 0 Å². The average molecular weight is 206 g/mol. The first-order chi connectivity index (χ1) is 6.86. The van der Waals surface area contributed by atoms with Crippen molar-refractivity contribution in [1.29, 1.82) is 0 Å². The van der Waals surface area contributed by atoms with Gasteiger partial charge in [0.05, 0.1) is 6.10 Å². The van der Waals surface area contributed by atoms with Gasteiger partial charge in [0.1, 0.15) is 6.33 Å². The molecule has 0 aliphatic heterocycles. The van der Waals surface area contributed by atoms with E-state index in [1.54, 1.807) is 23.7 Å². The van der Waals surface area contributed by atoms with Crippen molar-refractivity contribution in [2.24, 2.45) is 0 Å². The third kappa shape index (κ3) is 2.16. The van der Waals surface area contributed by atoms with Gasteiger partial charge in [0.2, 0.25) is 0 Å². The summed E-state index contributed by atoms with van der Waals surface area (Å²) < 4.78 is 0. The van der Waals surface area contributed by atoms with Crippen molar-refractivity contribution in [3.8, 4) is 0 Å². The number of nitrogens with zero attached hydrogens (tertiary/aromatic N) is 2. The maximum Gasteiger partial charge on any atom is 0.115 e. The highest BCUT2D eigenvalue weighted by Gasteiger charge is 2.08. The van der Waals surface area contributed by atoms with Gasteiger partial charge in [-0.3, -0.25) is 0 Å². The van der Waals surface area contributed by atoms with E-state index in [2.05, 4.69) is 9.97 Å². The third-order valence-electron chi connectivity index (χ3n) is 1.97. The molecule has 0 saturated heterocycles. The lowest BCUT2D eigenvalue weighted by Crippen LogP contribution is -2.01. The van der Waals surface area contributed by atoms with Crippen molar-refractivity contribution in [3.05, 3.63) is 46.7 Å². The van der Waals surface area contributed by atoms with Crippen LogP contribution in [0.3, 0.4) is 0 Å². The molecule has 0 aliphatic carbocycles. The van der Waals surface area contributed by atoms with Crippen LogP contribution in [-0.2, 0) is 6.42 Å². The molecule has 72 valence electrons. The summed E-state index contributed by atoms with van der Waals surface area (Å²) in [5.74, 6) is 0. The number of hydrogen-bond donors (Lipinski definition) is 1. The van der Waals surface area contributed by atoms with Crippen LogP contribution in [0.4, 0.5) is 0 Å². The van der Waals surface area contributed by atoms with Crippen LogP contribution in [0.15, 0.2) is 35.5 Å². The maximum absolute atomic E-state index is 9.82. The molecule has 3 nitrogen and oxygen atoms in total. The molecule has 2 rings (SSSR count). The Hall–Kier alpha value is -1.26. The second kappa shape index (κ2) is 4.30. The van der Waals surface area contributed by atoms with Gasteiger partial charge in [-0.1, -0.05) is 0 Å². The van der Waals surface area contributed by atoms with E-state index in [0.29, 0.717) is 6.42 Å². The van der Waals surface area contributed by atoms with E-state index in [1.807, 2.05) is 16.8 Å². The van der Waals surface area contributed by atoms with Gasteiger partial charge in [0.25, 0.3) is 0 Å². The number of aromatic nitrogens is 2. The minimum Gasteiger partial charge on any atom is -0.388 e. The van der Waals surface area contributed by atoms with E-state index in [-0.39, 0.29) is 0 Å². The molecule has 2 aromatic rings. The van der Waals surface area contributed by atoms with Crippen molar-refractivity contribution >= 4 is 11.3 Å². The Labute approximate surface area is 86.1 Å². The van der Waals surface area contributed by atoms with Crippen LogP contribution >= 0.6 is 11.3 Å². The summed E-state index contributed by atoms with van der Waals surface area (Å²) in [7, 11) is 0. The van der Waals surface area contributed by atoms with Gasteiger partial charge >= 0.3 is 0 Å². The fourth-order valence-corrected chi connectivity index (χ4v) is 1.91. The molecule has 1 unspecified atom stereocenters. The normalized spacial score (nSPS) is 12.6. The summed E-state index contributed by atoms with van der Waals surface area (Å²) in [6, 6.07) is 2.01. The molecular formula is C10H10N2OS. The molecule has 1 N–H and O–H groups in total. The zero-order valence-corrected chi connectivity index (χ0v) is 8.31. The Bertz CT molecular complexity index is 374. The maximum atomic E-state index is 9.82. The minimum atomic E-state index is -0.509. The van der Waals surface area contributed by atoms with Gasteiger partial charge in [-0.05, 0) is 22.4 Å². The van der Waals surface area contributed by atoms with E-state index in [9.17, 15) is 5.11 Å². The lowest BCUT2D eigenvalue weighted by Gasteiger charge is -2.07. The highest BCUT2D eigenvalue weighted by atomic mass is 32.1. The Morgan fingerprint density at radius 3 is 2.79 bits per heavy atom. The molecule has 4 heteroatoms. The molecule has 1 atom stereocenters. The van der Waals surface area contributed by atoms with Gasteiger partial charge in [-0.2, -0.15) is 11.3 Å². The van der Waals surface area contributed by atoms with Crippen molar-refractivity contribution in [2.75, 3.05) is 0 Å². The zero-order valence-electron chi connectivity index (χ0n) is 7.50. The highest BCUT2D eigenvalue weighted by molar-refractivity contribution is 7.07. The van der Waals surface area contributed by atoms with E-state index < -0.39 is 6.10 Å². The second-order valence-corrected chi connectivity index (χ2v) is 3.80. The Balaban J connectivity index is 2.07. The van der Waals surface area contributed by atoms with Crippen LogP contribution < -0.4 is 0 Å². The first-order valence-corrected chi connectivity index (χ1v) is 5.24. The Kier molecular flexibility index (Phi) is 2.86. The molecule has 0 saturated carbocycles. The SMILES string of the molecule is OC(Cc1ccsc1)c1cncnc1. The van der Waals surface area contributed by atoms with Crippen LogP contribution in [0.1, 0.15) is 17.2 Å². The van der Waals surface area contributed by atoms with E-state index in [1.165, 1.54) is 6.33 Å². The average Bonchev–Trinajstić information content (AvgIpc) is 2.72. The van der Waals surface area contributed by atoms with Crippen LogP contribution in [0.5, 0.6) is 0 Å². The molecule has 0 amide bonds. The first-order valence-electron chi connectivity index (χ1n) is 4.30. The lowest BCUT2D eigenvalue weighted by molar-refractivity contribution is 0.177. The molecule has 2 heterocycles. The quantitative estimate of drug-likeness (QED) is 0.833. The Morgan fingerprint density at radius 1 is 1.36 bits per heavy atom. The molecule has 0 bridgehead atoms. The minimum absolute atomic E-state index is 0.509. The molecule has 2 aromatic heterocycles. The van der Waals surface area contributed by atoms with Gasteiger partial charge in [0, 0.05) is 24.4 Å². The smallest absolute Gasteiger partial charge is 0.115 e. The van der Waals surface area contributed by atoms with Crippen molar-refractivity contribution < 1.29 is 5.11 Å². The van der Waals surface area contributed by atoms with E-state index in [4.69, 9.17) is 0 Å². The van der Waals surface area contributed by atoms with Crippen molar-refractivity contribution in [1.82, 2.24) is 9.97 Å². The lowest BCUT2D eigenvalue weighted by atomic mass is 10.1. The molecular weight excluding hydrogens is 196 g/mol. The summed E-state index contributed by atoms with van der Waals surface area (Å²) in [5, 5.41) is 13.9. The van der Waals surface area contributed by atoms with Gasteiger partial charge < -0.3 is 5.11 Å². The summed E-state index contributed by atoms with van der Waals surface area (Å²) in [5.41, 5.74) is 1.91. The summed E-state index contributed by atoms with van der Waals surface area (Å²) in [4.78, 5) is 7.73. The first kappa shape index (κ1) is 9.30. The number of aliphatic hydroxyl groups is 1. The molecule has 0 fully saturated rings. The number of rotatable bonds is 3. The highest BCUT2D eigenvalue weighted by Crippen LogP contribution is 2.17. The van der Waals surface area contributed by atoms with Crippen LogP contribution in [0.2, 0.25) is 0 Å². The predicted octanol–water partition coefficient (Wildman–Crippen LogP) is 1.81. The summed E-state index contributed by atoms with van der Waals surface area (Å²) in [6.45, 7) is 0. The van der Waals surface area contributed by atoms with Gasteiger partial charge in [-0.15, -0.1) is 0 Å². The molecule has 0 spiro atoms. The van der Waals surface area contributed by atoms with Crippen LogP contribution in [-0.4, -0.2) is 15.1 Å². The van der Waals surface area contributed by atoms with Crippen LogP contribution in [0.25, 0.3) is 0 Å². The monoisotopic (exact) mass is 206 g/mol. The summed E-state index contributed by atoms with van der Waals surface area (Å²) >= 11 is 1.63. The third-order valence-corrected chi connectivity index (χ3v) is 2.71. The fraction of sp³-hybridized carbons (Fsp3) is 0.200. The van der Waals surface area contributed by atoms with E-state index in [0.717, 1.165) is 11.1 Å². The number of thiophene rings is 1. The molecule has 0 aliphatic rings. The molecule has 0 aromatic carbocycles. The van der Waals surface area contributed by atoms with Gasteiger partial charge in [0.15, 0.2) is 0 Å². The standard InChI is InChI=1S/C10H10N2OS/c13-10(3-8-1-2-14-6-8)9-4-11-7-12-5-9/h1-2,4-7,10,13H,3H2. The summed E-state index contributed by atoms with van der Waals surface area (Å²) in [6.07, 6.45) is 4.86. The van der Waals surface area contributed by atoms with Crippen LogP contribution in [0, 0.1) is 0 Å². The zero-order chi connectivity index (χ0) is 9.80. The fourth-order valence-electron chi connectivity index (χ4n) is 1.23. The molecule has 14 heavy (non-hydrogen) atoms.